The fourth-order valence-electron chi connectivity index (χ4n) is 3.08. The van der Waals surface area contributed by atoms with Crippen LogP contribution in [0.5, 0.6) is 5.75 Å². The van der Waals surface area contributed by atoms with Crippen LogP contribution in [0.1, 0.15) is 17.2 Å². The molecule has 1 heterocycles. The SMILES string of the molecule is COc1ccc(CP(=O)(O)C[C@H]2CN[C@H](c3ccc(Cl)c(Cl)c3)CO2)cc1. The Morgan fingerprint density at radius 2 is 1.96 bits per heavy atom. The molecule has 2 aromatic carbocycles. The van der Waals surface area contributed by atoms with Gasteiger partial charge in [-0.2, -0.15) is 0 Å². The van der Waals surface area contributed by atoms with E-state index < -0.39 is 7.37 Å². The molecular weight excluding hydrogens is 408 g/mol. The van der Waals surface area contributed by atoms with E-state index in [1.807, 2.05) is 24.3 Å². The maximum Gasteiger partial charge on any atom is 0.207 e. The second-order valence-corrected chi connectivity index (χ2v) is 9.81. The lowest BCUT2D eigenvalue weighted by molar-refractivity contribution is 0.0156. The Bertz CT molecular complexity index is 823. The van der Waals surface area contributed by atoms with Crippen molar-refractivity contribution < 1.29 is 18.9 Å². The van der Waals surface area contributed by atoms with E-state index in [0.29, 0.717) is 23.2 Å². The average Bonchev–Trinajstić information content (AvgIpc) is 2.64. The molecular formula is C19H22Cl2NO4P. The second-order valence-electron chi connectivity index (χ2n) is 6.62. The van der Waals surface area contributed by atoms with Gasteiger partial charge >= 0.3 is 0 Å². The molecule has 3 atom stereocenters. The zero-order valence-corrected chi connectivity index (χ0v) is 17.3. The highest BCUT2D eigenvalue weighted by Gasteiger charge is 2.29. The first-order valence-electron chi connectivity index (χ1n) is 8.60. The monoisotopic (exact) mass is 429 g/mol. The summed E-state index contributed by atoms with van der Waals surface area (Å²) in [6, 6.07) is 12.6. The number of rotatable bonds is 6. The standard InChI is InChI=1S/C19H22Cl2NO4P/c1-25-15-5-2-13(3-6-15)11-27(23,24)12-16-9-22-19(10-26-16)14-4-7-17(20)18(21)8-14/h2-8,16,19,22H,9-12H2,1H3,(H,23,24)/t16-,19+/m1/s1. The molecule has 5 nitrogen and oxygen atoms in total. The van der Waals surface area contributed by atoms with Crippen LogP contribution in [0, 0.1) is 0 Å². The molecule has 0 amide bonds. The molecule has 3 rings (SSSR count). The van der Waals surface area contributed by atoms with E-state index in [-0.39, 0.29) is 24.5 Å². The van der Waals surface area contributed by atoms with Gasteiger partial charge < -0.3 is 19.7 Å². The van der Waals surface area contributed by atoms with Crippen molar-refractivity contribution in [2.24, 2.45) is 0 Å². The smallest absolute Gasteiger partial charge is 0.207 e. The number of hydrogen-bond donors (Lipinski definition) is 2. The van der Waals surface area contributed by atoms with E-state index in [9.17, 15) is 9.46 Å². The fourth-order valence-corrected chi connectivity index (χ4v) is 5.17. The molecule has 27 heavy (non-hydrogen) atoms. The summed E-state index contributed by atoms with van der Waals surface area (Å²) in [5.74, 6) is 0.722. The Labute approximate surface area is 169 Å². The van der Waals surface area contributed by atoms with Crippen molar-refractivity contribution in [2.75, 3.05) is 26.4 Å². The van der Waals surface area contributed by atoms with Crippen molar-refractivity contribution >= 4 is 30.6 Å². The van der Waals surface area contributed by atoms with Gasteiger partial charge in [-0.3, -0.25) is 4.57 Å². The third-order valence-electron chi connectivity index (χ3n) is 4.51. The lowest BCUT2D eigenvalue weighted by atomic mass is 10.1. The van der Waals surface area contributed by atoms with Crippen LogP contribution in [-0.4, -0.2) is 37.4 Å². The largest absolute Gasteiger partial charge is 0.497 e. The molecule has 0 spiro atoms. The minimum atomic E-state index is -3.36. The minimum absolute atomic E-state index is 0.0179. The Morgan fingerprint density at radius 3 is 2.56 bits per heavy atom. The Kier molecular flexibility index (Phi) is 6.85. The third-order valence-corrected chi connectivity index (χ3v) is 7.09. The van der Waals surface area contributed by atoms with E-state index in [0.717, 1.165) is 16.9 Å². The number of benzene rings is 2. The molecule has 8 heteroatoms. The van der Waals surface area contributed by atoms with Crippen molar-refractivity contribution in [1.82, 2.24) is 5.32 Å². The molecule has 146 valence electrons. The van der Waals surface area contributed by atoms with Gasteiger partial charge in [0.15, 0.2) is 0 Å². The molecule has 1 saturated heterocycles. The summed E-state index contributed by atoms with van der Waals surface area (Å²) in [5.41, 5.74) is 1.78. The van der Waals surface area contributed by atoms with Crippen molar-refractivity contribution in [3.63, 3.8) is 0 Å². The number of ether oxygens (including phenoxy) is 2. The lowest BCUT2D eigenvalue weighted by Crippen LogP contribution is -2.42. The van der Waals surface area contributed by atoms with Gasteiger partial charge in [0.1, 0.15) is 5.75 Å². The van der Waals surface area contributed by atoms with E-state index in [2.05, 4.69) is 5.32 Å². The normalized spacial score (nSPS) is 22.2. The first-order valence-corrected chi connectivity index (χ1v) is 11.4. The van der Waals surface area contributed by atoms with Crippen LogP contribution in [0.25, 0.3) is 0 Å². The number of methoxy groups -OCH3 is 1. The van der Waals surface area contributed by atoms with Crippen molar-refractivity contribution in [3.8, 4) is 5.75 Å². The van der Waals surface area contributed by atoms with E-state index in [4.69, 9.17) is 32.7 Å². The molecule has 1 unspecified atom stereocenters. The first kappa shape index (κ1) is 20.7. The van der Waals surface area contributed by atoms with Crippen LogP contribution in [0.15, 0.2) is 42.5 Å². The van der Waals surface area contributed by atoms with Gasteiger partial charge in [-0.15, -0.1) is 0 Å². The topological polar surface area (TPSA) is 67.8 Å². The summed E-state index contributed by atoms with van der Waals surface area (Å²) in [6.07, 6.45) is -0.0779. The highest BCUT2D eigenvalue weighted by atomic mass is 35.5. The van der Waals surface area contributed by atoms with Crippen LogP contribution >= 0.6 is 30.6 Å². The van der Waals surface area contributed by atoms with Crippen LogP contribution in [0.3, 0.4) is 0 Å². The van der Waals surface area contributed by atoms with E-state index >= 15 is 0 Å². The van der Waals surface area contributed by atoms with Crippen LogP contribution in [-0.2, 0) is 15.5 Å². The maximum absolute atomic E-state index is 12.6. The van der Waals surface area contributed by atoms with E-state index in [1.54, 1.807) is 25.3 Å². The number of nitrogens with one attached hydrogen (secondary N) is 1. The summed E-state index contributed by atoms with van der Waals surface area (Å²) in [5, 5.41) is 4.36. The van der Waals surface area contributed by atoms with Crippen molar-refractivity contribution in [2.45, 2.75) is 18.3 Å². The number of halogens is 2. The maximum atomic E-state index is 12.6. The number of hydrogen-bond acceptors (Lipinski definition) is 4. The van der Waals surface area contributed by atoms with Crippen LogP contribution in [0.2, 0.25) is 10.0 Å². The average molecular weight is 430 g/mol. The molecule has 0 saturated carbocycles. The van der Waals surface area contributed by atoms with Crippen molar-refractivity contribution in [1.29, 1.82) is 0 Å². The Balaban J connectivity index is 1.54. The van der Waals surface area contributed by atoms with Gasteiger partial charge in [-0.05, 0) is 35.4 Å². The molecule has 0 aliphatic carbocycles. The van der Waals surface area contributed by atoms with Gasteiger partial charge in [0.25, 0.3) is 0 Å². The summed E-state index contributed by atoms with van der Waals surface area (Å²) in [6.45, 7) is 0.906. The van der Waals surface area contributed by atoms with Gasteiger partial charge in [-0.1, -0.05) is 41.4 Å². The zero-order chi connectivity index (χ0) is 19.4. The summed E-state index contributed by atoms with van der Waals surface area (Å²) in [7, 11) is -1.77. The third kappa shape index (κ3) is 5.71. The number of morpholine rings is 1. The molecule has 0 aromatic heterocycles. The molecule has 2 aromatic rings. The van der Waals surface area contributed by atoms with Crippen molar-refractivity contribution in [3.05, 3.63) is 63.6 Å². The quantitative estimate of drug-likeness (QED) is 0.661. The molecule has 0 bridgehead atoms. The van der Waals surface area contributed by atoms with E-state index in [1.165, 1.54) is 0 Å². The predicted octanol–water partition coefficient (Wildman–Crippen LogP) is 4.50. The molecule has 1 aliphatic rings. The molecule has 1 aliphatic heterocycles. The Hall–Kier alpha value is -1.07. The van der Waals surface area contributed by atoms with Crippen LogP contribution in [0.4, 0.5) is 0 Å². The van der Waals surface area contributed by atoms with Crippen LogP contribution < -0.4 is 10.1 Å². The fraction of sp³-hybridized carbons (Fsp3) is 0.368. The van der Waals surface area contributed by atoms with Gasteiger partial charge in [0.05, 0.1) is 42.1 Å². The summed E-state index contributed by atoms with van der Waals surface area (Å²) >= 11 is 12.0. The molecule has 2 N–H and O–H groups in total. The Morgan fingerprint density at radius 1 is 1.22 bits per heavy atom. The highest BCUT2D eigenvalue weighted by molar-refractivity contribution is 7.57. The molecule has 0 radical (unpaired) electrons. The first-order chi connectivity index (χ1) is 12.9. The highest BCUT2D eigenvalue weighted by Crippen LogP contribution is 2.46. The predicted molar refractivity (Wildman–Crippen MR) is 108 cm³/mol. The zero-order valence-electron chi connectivity index (χ0n) is 14.9. The minimum Gasteiger partial charge on any atom is -0.497 e. The molecule has 1 fully saturated rings. The van der Waals surface area contributed by atoms with Gasteiger partial charge in [-0.25, -0.2) is 0 Å². The van der Waals surface area contributed by atoms with Gasteiger partial charge in [0, 0.05) is 12.7 Å². The lowest BCUT2D eigenvalue weighted by Gasteiger charge is -2.31. The van der Waals surface area contributed by atoms with Gasteiger partial charge in [0.2, 0.25) is 7.37 Å². The summed E-state index contributed by atoms with van der Waals surface area (Å²) < 4.78 is 23.6. The second kappa shape index (κ2) is 8.95. The summed E-state index contributed by atoms with van der Waals surface area (Å²) in [4.78, 5) is 10.4.